The van der Waals surface area contributed by atoms with Gasteiger partial charge in [0.05, 0.1) is 5.56 Å². The molecule has 0 unspecified atom stereocenters. The van der Waals surface area contributed by atoms with Gasteiger partial charge in [-0.25, -0.2) is 8.78 Å². The van der Waals surface area contributed by atoms with Crippen LogP contribution in [0.2, 0.25) is 0 Å². The Labute approximate surface area is 109 Å². The Bertz CT molecular complexity index is 589. The van der Waals surface area contributed by atoms with Gasteiger partial charge in [0.25, 0.3) is 0 Å². The summed E-state index contributed by atoms with van der Waals surface area (Å²) < 4.78 is 32.0. The summed E-state index contributed by atoms with van der Waals surface area (Å²) in [4.78, 5) is 11.7. The predicted octanol–water partition coefficient (Wildman–Crippen LogP) is 3.53. The number of benzene rings is 2. The maximum atomic E-state index is 13.4. The van der Waals surface area contributed by atoms with E-state index in [0.29, 0.717) is 5.75 Å². The number of ketones is 1. The van der Waals surface area contributed by atoms with Crippen LogP contribution >= 0.6 is 0 Å². The number of ether oxygens (including phenoxy) is 1. The van der Waals surface area contributed by atoms with Gasteiger partial charge in [-0.3, -0.25) is 4.79 Å². The minimum atomic E-state index is -0.877. The van der Waals surface area contributed by atoms with Crippen LogP contribution in [0.1, 0.15) is 15.9 Å². The SMILES string of the molecule is Cc1cccc(OCC(=O)c2c(F)cccc2F)c1. The molecule has 2 nitrogen and oxygen atoms in total. The van der Waals surface area contributed by atoms with Gasteiger partial charge in [0.1, 0.15) is 17.4 Å². The van der Waals surface area contributed by atoms with Crippen LogP contribution < -0.4 is 4.74 Å². The van der Waals surface area contributed by atoms with Crippen LogP contribution in [0.3, 0.4) is 0 Å². The molecule has 0 atom stereocenters. The first-order valence-electron chi connectivity index (χ1n) is 5.74. The lowest BCUT2D eigenvalue weighted by atomic mass is 10.1. The molecule has 0 heterocycles. The third-order valence-electron chi connectivity index (χ3n) is 2.60. The molecular weight excluding hydrogens is 250 g/mol. The maximum Gasteiger partial charge on any atom is 0.206 e. The molecule has 2 aromatic rings. The number of aryl methyl sites for hydroxylation is 1. The Hall–Kier alpha value is -2.23. The van der Waals surface area contributed by atoms with E-state index < -0.39 is 29.6 Å². The molecular formula is C15H12F2O2. The van der Waals surface area contributed by atoms with Gasteiger partial charge >= 0.3 is 0 Å². The number of carbonyl (C=O) groups is 1. The Morgan fingerprint density at radius 3 is 2.37 bits per heavy atom. The van der Waals surface area contributed by atoms with Crippen molar-refractivity contribution in [3.63, 3.8) is 0 Å². The highest BCUT2D eigenvalue weighted by atomic mass is 19.1. The zero-order valence-corrected chi connectivity index (χ0v) is 10.3. The van der Waals surface area contributed by atoms with Gasteiger partial charge in [-0.15, -0.1) is 0 Å². The largest absolute Gasteiger partial charge is 0.485 e. The van der Waals surface area contributed by atoms with Crippen molar-refractivity contribution < 1.29 is 18.3 Å². The maximum absolute atomic E-state index is 13.4. The minimum Gasteiger partial charge on any atom is -0.485 e. The summed E-state index contributed by atoms with van der Waals surface area (Å²) in [6.45, 7) is 1.48. The van der Waals surface area contributed by atoms with E-state index in [1.807, 2.05) is 13.0 Å². The van der Waals surface area contributed by atoms with Crippen LogP contribution in [0.4, 0.5) is 8.78 Å². The van der Waals surface area contributed by atoms with E-state index in [0.717, 1.165) is 17.7 Å². The molecule has 0 amide bonds. The van der Waals surface area contributed by atoms with E-state index in [-0.39, 0.29) is 0 Å². The van der Waals surface area contributed by atoms with Gasteiger partial charge in [-0.05, 0) is 36.8 Å². The molecule has 98 valence electrons. The predicted molar refractivity (Wildman–Crippen MR) is 67.4 cm³/mol. The molecule has 2 aromatic carbocycles. The van der Waals surface area contributed by atoms with Crippen molar-refractivity contribution in [1.29, 1.82) is 0 Å². The summed E-state index contributed by atoms with van der Waals surface area (Å²) in [6, 6.07) is 10.4. The van der Waals surface area contributed by atoms with Crippen LogP contribution in [0.25, 0.3) is 0 Å². The van der Waals surface area contributed by atoms with Crippen LogP contribution in [0, 0.1) is 18.6 Å². The lowest BCUT2D eigenvalue weighted by Gasteiger charge is -2.07. The molecule has 0 aromatic heterocycles. The molecule has 19 heavy (non-hydrogen) atoms. The summed E-state index contributed by atoms with van der Waals surface area (Å²) in [5.74, 6) is -1.99. The zero-order chi connectivity index (χ0) is 13.8. The van der Waals surface area contributed by atoms with Gasteiger partial charge in [0.2, 0.25) is 5.78 Å². The number of hydrogen-bond donors (Lipinski definition) is 0. The fourth-order valence-corrected chi connectivity index (χ4v) is 1.69. The average Bonchev–Trinajstić information content (AvgIpc) is 2.36. The molecule has 0 saturated carbocycles. The fraction of sp³-hybridized carbons (Fsp3) is 0.133. The molecule has 0 aliphatic heterocycles. The molecule has 0 saturated heterocycles. The minimum absolute atomic E-state index is 0.401. The van der Waals surface area contributed by atoms with E-state index in [9.17, 15) is 13.6 Å². The molecule has 0 fully saturated rings. The van der Waals surface area contributed by atoms with Crippen molar-refractivity contribution in [2.75, 3.05) is 6.61 Å². The Morgan fingerprint density at radius 1 is 1.11 bits per heavy atom. The zero-order valence-electron chi connectivity index (χ0n) is 10.3. The normalized spacial score (nSPS) is 10.3. The highest BCUT2D eigenvalue weighted by Gasteiger charge is 2.17. The summed E-state index contributed by atoms with van der Waals surface area (Å²) in [6.07, 6.45) is 0. The molecule has 0 bridgehead atoms. The van der Waals surface area contributed by atoms with Crippen LogP contribution in [-0.2, 0) is 0 Å². The molecule has 0 spiro atoms. The van der Waals surface area contributed by atoms with Crippen molar-refractivity contribution in [2.24, 2.45) is 0 Å². The molecule has 0 aliphatic rings. The average molecular weight is 262 g/mol. The number of carbonyl (C=O) groups excluding carboxylic acids is 1. The number of hydrogen-bond acceptors (Lipinski definition) is 2. The van der Waals surface area contributed by atoms with Crippen molar-refractivity contribution >= 4 is 5.78 Å². The number of rotatable bonds is 4. The monoisotopic (exact) mass is 262 g/mol. The van der Waals surface area contributed by atoms with E-state index >= 15 is 0 Å². The van der Waals surface area contributed by atoms with E-state index in [4.69, 9.17) is 4.74 Å². The molecule has 0 radical (unpaired) electrons. The standard InChI is InChI=1S/C15H12F2O2/c1-10-4-2-5-11(8-10)19-9-14(18)15-12(16)6-3-7-13(15)17/h2-8H,9H2,1H3. The van der Waals surface area contributed by atoms with Crippen LogP contribution in [-0.4, -0.2) is 12.4 Å². The second-order valence-corrected chi connectivity index (χ2v) is 4.13. The summed E-state index contributed by atoms with van der Waals surface area (Å²) in [5.41, 5.74) is 0.414. The highest BCUT2D eigenvalue weighted by molar-refractivity contribution is 5.97. The quantitative estimate of drug-likeness (QED) is 0.788. The van der Waals surface area contributed by atoms with Gasteiger partial charge in [0, 0.05) is 0 Å². The Kier molecular flexibility index (Phi) is 3.90. The van der Waals surface area contributed by atoms with Crippen molar-refractivity contribution in [1.82, 2.24) is 0 Å². The van der Waals surface area contributed by atoms with Gasteiger partial charge in [-0.2, -0.15) is 0 Å². The Morgan fingerprint density at radius 2 is 1.74 bits per heavy atom. The molecule has 0 aliphatic carbocycles. The van der Waals surface area contributed by atoms with Crippen molar-refractivity contribution in [3.8, 4) is 5.75 Å². The van der Waals surface area contributed by atoms with E-state index in [2.05, 4.69) is 0 Å². The second kappa shape index (κ2) is 5.61. The van der Waals surface area contributed by atoms with Crippen LogP contribution in [0.5, 0.6) is 5.75 Å². The molecule has 0 N–H and O–H groups in total. The van der Waals surface area contributed by atoms with Crippen molar-refractivity contribution in [3.05, 3.63) is 65.2 Å². The van der Waals surface area contributed by atoms with E-state index in [1.54, 1.807) is 18.2 Å². The van der Waals surface area contributed by atoms with Gasteiger partial charge in [-0.1, -0.05) is 18.2 Å². The first-order valence-corrected chi connectivity index (χ1v) is 5.74. The van der Waals surface area contributed by atoms with Crippen molar-refractivity contribution in [2.45, 2.75) is 6.92 Å². The first kappa shape index (κ1) is 13.2. The molecule has 4 heteroatoms. The molecule has 2 rings (SSSR count). The van der Waals surface area contributed by atoms with Gasteiger partial charge in [0.15, 0.2) is 6.61 Å². The topological polar surface area (TPSA) is 26.3 Å². The lowest BCUT2D eigenvalue weighted by molar-refractivity contribution is 0.0913. The second-order valence-electron chi connectivity index (χ2n) is 4.13. The smallest absolute Gasteiger partial charge is 0.206 e. The lowest BCUT2D eigenvalue weighted by Crippen LogP contribution is -2.15. The fourth-order valence-electron chi connectivity index (χ4n) is 1.69. The third kappa shape index (κ3) is 3.16. The third-order valence-corrected chi connectivity index (χ3v) is 2.60. The van der Waals surface area contributed by atoms with Gasteiger partial charge < -0.3 is 4.74 Å². The van der Waals surface area contributed by atoms with Crippen LogP contribution in [0.15, 0.2) is 42.5 Å². The number of halogens is 2. The first-order chi connectivity index (χ1) is 9.08. The van der Waals surface area contributed by atoms with E-state index in [1.165, 1.54) is 6.07 Å². The summed E-state index contributed by atoms with van der Waals surface area (Å²) in [5, 5.41) is 0. The Balaban J connectivity index is 2.10. The number of Topliss-reactive ketones (excluding diaryl/α,β-unsaturated/α-hetero) is 1. The summed E-state index contributed by atoms with van der Waals surface area (Å²) >= 11 is 0. The summed E-state index contributed by atoms with van der Waals surface area (Å²) in [7, 11) is 0. The highest BCUT2D eigenvalue weighted by Crippen LogP contribution is 2.15.